The van der Waals surface area contributed by atoms with E-state index < -0.39 is 5.60 Å². The maximum atomic E-state index is 10.7. The fraction of sp³-hybridized carbons (Fsp3) is 1.00. The molecule has 0 aromatic carbocycles. The second-order valence-electron chi connectivity index (χ2n) is 6.50. The molecule has 0 aromatic rings. The zero-order valence-electron chi connectivity index (χ0n) is 10.3. The molecular weight excluding hydrogens is 200 g/mol. The average molecular weight is 224 g/mol. The van der Waals surface area contributed by atoms with Crippen molar-refractivity contribution in [3.05, 3.63) is 0 Å². The van der Waals surface area contributed by atoms with E-state index in [1.54, 1.807) is 0 Å². The van der Waals surface area contributed by atoms with Crippen LogP contribution >= 0.6 is 0 Å². The van der Waals surface area contributed by atoms with E-state index in [-0.39, 0.29) is 6.10 Å². The van der Waals surface area contributed by atoms with Crippen LogP contribution in [0, 0.1) is 17.8 Å². The van der Waals surface area contributed by atoms with E-state index in [1.165, 1.54) is 25.7 Å². The zero-order valence-corrected chi connectivity index (χ0v) is 10.3. The average Bonchev–Trinajstić information content (AvgIpc) is 2.77. The Bertz CT molecular complexity index is 265. The molecule has 1 N–H and O–H groups in total. The van der Waals surface area contributed by atoms with E-state index in [2.05, 4.69) is 6.92 Å². The Labute approximate surface area is 98.4 Å². The number of hydrogen-bond acceptors (Lipinski definition) is 2. The van der Waals surface area contributed by atoms with Crippen molar-refractivity contribution >= 4 is 0 Å². The maximum absolute atomic E-state index is 10.7. The first-order valence-electron chi connectivity index (χ1n) is 6.99. The molecule has 2 heteroatoms. The van der Waals surface area contributed by atoms with Gasteiger partial charge in [-0.15, -0.1) is 0 Å². The van der Waals surface area contributed by atoms with E-state index >= 15 is 0 Å². The lowest BCUT2D eigenvalue weighted by Gasteiger charge is -2.39. The molecule has 2 nitrogen and oxygen atoms in total. The third-order valence-corrected chi connectivity index (χ3v) is 5.16. The van der Waals surface area contributed by atoms with Gasteiger partial charge in [0.2, 0.25) is 0 Å². The number of hydrogen-bond donors (Lipinski definition) is 1. The molecule has 0 radical (unpaired) electrons. The molecule has 1 aliphatic heterocycles. The van der Waals surface area contributed by atoms with E-state index in [9.17, 15) is 5.11 Å². The van der Waals surface area contributed by atoms with Gasteiger partial charge in [0.1, 0.15) is 0 Å². The zero-order chi connectivity index (χ0) is 11.2. The highest BCUT2D eigenvalue weighted by atomic mass is 16.5. The van der Waals surface area contributed by atoms with Gasteiger partial charge in [-0.25, -0.2) is 0 Å². The Morgan fingerprint density at radius 1 is 1.31 bits per heavy atom. The molecule has 2 bridgehead atoms. The van der Waals surface area contributed by atoms with Crippen LogP contribution in [0.4, 0.5) is 0 Å². The fourth-order valence-electron chi connectivity index (χ4n) is 4.45. The first-order valence-corrected chi connectivity index (χ1v) is 6.99. The molecule has 2 aliphatic carbocycles. The van der Waals surface area contributed by atoms with Crippen LogP contribution in [-0.2, 0) is 4.74 Å². The summed E-state index contributed by atoms with van der Waals surface area (Å²) in [5.41, 5.74) is -0.410. The predicted molar refractivity (Wildman–Crippen MR) is 63.2 cm³/mol. The lowest BCUT2D eigenvalue weighted by atomic mass is 9.76. The number of rotatable bonds is 2. The van der Waals surface area contributed by atoms with Crippen molar-refractivity contribution in [2.24, 2.45) is 17.8 Å². The second kappa shape index (κ2) is 3.99. The molecule has 92 valence electrons. The van der Waals surface area contributed by atoms with Crippen molar-refractivity contribution in [1.82, 2.24) is 0 Å². The van der Waals surface area contributed by atoms with Gasteiger partial charge in [0.25, 0.3) is 0 Å². The summed E-state index contributed by atoms with van der Waals surface area (Å²) in [6, 6.07) is 0. The van der Waals surface area contributed by atoms with Crippen molar-refractivity contribution in [3.63, 3.8) is 0 Å². The molecule has 0 amide bonds. The van der Waals surface area contributed by atoms with Crippen LogP contribution in [-0.4, -0.2) is 23.4 Å². The monoisotopic (exact) mass is 224 g/mol. The molecule has 5 unspecified atom stereocenters. The van der Waals surface area contributed by atoms with Gasteiger partial charge in [-0.05, 0) is 56.8 Å². The Morgan fingerprint density at radius 2 is 2.19 bits per heavy atom. The van der Waals surface area contributed by atoms with E-state index in [0.29, 0.717) is 0 Å². The van der Waals surface area contributed by atoms with Crippen molar-refractivity contribution in [2.75, 3.05) is 6.61 Å². The van der Waals surface area contributed by atoms with Crippen LogP contribution in [0.2, 0.25) is 0 Å². The summed E-state index contributed by atoms with van der Waals surface area (Å²) in [6.07, 6.45) is 8.72. The highest BCUT2D eigenvalue weighted by molar-refractivity contribution is 4.95. The summed E-state index contributed by atoms with van der Waals surface area (Å²) in [7, 11) is 0. The molecule has 3 rings (SSSR count). The quantitative estimate of drug-likeness (QED) is 0.781. The van der Waals surface area contributed by atoms with Crippen LogP contribution in [0.1, 0.15) is 51.9 Å². The molecule has 3 aliphatic rings. The van der Waals surface area contributed by atoms with E-state index in [4.69, 9.17) is 4.74 Å². The normalized spacial score (nSPS) is 52.1. The molecule has 0 spiro atoms. The predicted octanol–water partition coefficient (Wildman–Crippen LogP) is 2.74. The van der Waals surface area contributed by atoms with E-state index in [0.717, 1.165) is 43.6 Å². The largest absolute Gasteiger partial charge is 0.390 e. The minimum atomic E-state index is -0.410. The first kappa shape index (κ1) is 11.0. The standard InChI is InChI=1S/C14H24O2/c1-10-8-14(15,4-5-16-10)9-13-7-11-2-3-12(13)6-11/h10-13,15H,2-9H2,1H3. The summed E-state index contributed by atoms with van der Waals surface area (Å²) in [5, 5.41) is 10.7. The maximum Gasteiger partial charge on any atom is 0.0697 e. The number of ether oxygens (including phenoxy) is 1. The van der Waals surface area contributed by atoms with Crippen molar-refractivity contribution in [3.8, 4) is 0 Å². The van der Waals surface area contributed by atoms with Crippen LogP contribution in [0.3, 0.4) is 0 Å². The van der Waals surface area contributed by atoms with Gasteiger partial charge >= 0.3 is 0 Å². The Kier molecular flexibility index (Phi) is 2.75. The van der Waals surface area contributed by atoms with Crippen molar-refractivity contribution in [1.29, 1.82) is 0 Å². The third kappa shape index (κ3) is 2.02. The van der Waals surface area contributed by atoms with Gasteiger partial charge in [0, 0.05) is 13.0 Å². The van der Waals surface area contributed by atoms with Gasteiger partial charge in [-0.3, -0.25) is 0 Å². The molecule has 1 heterocycles. The van der Waals surface area contributed by atoms with Gasteiger partial charge in [0.15, 0.2) is 0 Å². The van der Waals surface area contributed by atoms with Crippen molar-refractivity contribution < 1.29 is 9.84 Å². The highest BCUT2D eigenvalue weighted by Crippen LogP contribution is 2.51. The summed E-state index contributed by atoms with van der Waals surface area (Å²) in [4.78, 5) is 0. The molecule has 5 atom stereocenters. The van der Waals surface area contributed by atoms with Gasteiger partial charge in [-0.2, -0.15) is 0 Å². The van der Waals surface area contributed by atoms with Gasteiger partial charge in [0.05, 0.1) is 11.7 Å². The summed E-state index contributed by atoms with van der Waals surface area (Å²) >= 11 is 0. The lowest BCUT2D eigenvalue weighted by molar-refractivity contribution is -0.109. The van der Waals surface area contributed by atoms with Crippen LogP contribution in [0.25, 0.3) is 0 Å². The van der Waals surface area contributed by atoms with Gasteiger partial charge < -0.3 is 9.84 Å². The van der Waals surface area contributed by atoms with Crippen LogP contribution in [0.5, 0.6) is 0 Å². The Morgan fingerprint density at radius 3 is 2.81 bits per heavy atom. The van der Waals surface area contributed by atoms with Crippen LogP contribution in [0.15, 0.2) is 0 Å². The minimum absolute atomic E-state index is 0.248. The third-order valence-electron chi connectivity index (χ3n) is 5.16. The Balaban J connectivity index is 1.61. The van der Waals surface area contributed by atoms with E-state index in [1.807, 2.05) is 0 Å². The fourth-order valence-corrected chi connectivity index (χ4v) is 4.45. The smallest absolute Gasteiger partial charge is 0.0697 e. The number of aliphatic hydroxyl groups is 1. The lowest BCUT2D eigenvalue weighted by Crippen LogP contribution is -2.41. The molecule has 3 fully saturated rings. The molecule has 2 saturated carbocycles. The molecule has 16 heavy (non-hydrogen) atoms. The summed E-state index contributed by atoms with van der Waals surface area (Å²) < 4.78 is 5.54. The number of fused-ring (bicyclic) bond motifs is 2. The second-order valence-corrected chi connectivity index (χ2v) is 6.50. The van der Waals surface area contributed by atoms with Crippen LogP contribution < -0.4 is 0 Å². The SMILES string of the molecule is CC1CC(O)(CC2CC3CCC2C3)CCO1. The topological polar surface area (TPSA) is 29.5 Å². The first-order chi connectivity index (χ1) is 7.65. The van der Waals surface area contributed by atoms with Crippen molar-refractivity contribution in [2.45, 2.75) is 63.6 Å². The molecule has 1 saturated heterocycles. The summed E-state index contributed by atoms with van der Waals surface area (Å²) in [6.45, 7) is 2.84. The minimum Gasteiger partial charge on any atom is -0.390 e. The summed E-state index contributed by atoms with van der Waals surface area (Å²) in [5.74, 6) is 2.75. The van der Waals surface area contributed by atoms with Gasteiger partial charge in [-0.1, -0.05) is 6.42 Å². The highest BCUT2D eigenvalue weighted by Gasteiger charge is 2.44. The Hall–Kier alpha value is -0.0800. The molecule has 0 aromatic heterocycles. The molecular formula is C14H24O2.